The van der Waals surface area contributed by atoms with Crippen LogP contribution in [-0.4, -0.2) is 32.6 Å². The maximum Gasteiger partial charge on any atom is 0.229 e. The fraction of sp³-hybridized carbons (Fsp3) is 0.263. The van der Waals surface area contributed by atoms with E-state index in [-0.39, 0.29) is 18.2 Å². The van der Waals surface area contributed by atoms with Gasteiger partial charge in [0.05, 0.1) is 31.5 Å². The first-order valence-corrected chi connectivity index (χ1v) is 8.90. The number of para-hydroxylation sites is 1. The van der Waals surface area contributed by atoms with Crippen LogP contribution < -0.4 is 19.7 Å². The van der Waals surface area contributed by atoms with Crippen LogP contribution >= 0.6 is 15.9 Å². The molecule has 1 aliphatic heterocycles. The number of nitrogens with one attached hydrogen (secondary N) is 1. The molecule has 1 N–H and O–H groups in total. The normalized spacial score (nSPS) is 16.5. The standard InChI is InChI=1S/C19H19BrN2O4/c1-25-13-7-8-17(26-2)15(10-13)21-19(24)12-9-18(23)22(11-12)16-6-4-3-5-14(16)20/h3-8,10,12H,9,11H2,1-2H3,(H,21,24). The Labute approximate surface area is 160 Å². The number of carbonyl (C=O) groups excluding carboxylic acids is 2. The van der Waals surface area contributed by atoms with Gasteiger partial charge in [0.1, 0.15) is 11.5 Å². The molecule has 7 heteroatoms. The van der Waals surface area contributed by atoms with E-state index in [0.717, 1.165) is 10.2 Å². The molecule has 0 aliphatic carbocycles. The Morgan fingerprint density at radius 1 is 1.19 bits per heavy atom. The number of hydrogen-bond acceptors (Lipinski definition) is 4. The molecule has 6 nitrogen and oxygen atoms in total. The molecule has 3 rings (SSSR count). The van der Waals surface area contributed by atoms with Crippen molar-refractivity contribution in [3.05, 3.63) is 46.9 Å². The van der Waals surface area contributed by atoms with Gasteiger partial charge in [0, 0.05) is 23.5 Å². The van der Waals surface area contributed by atoms with E-state index in [0.29, 0.717) is 23.7 Å². The lowest BCUT2D eigenvalue weighted by molar-refractivity contribution is -0.122. The van der Waals surface area contributed by atoms with Crippen LogP contribution in [0.5, 0.6) is 11.5 Å². The van der Waals surface area contributed by atoms with E-state index in [2.05, 4.69) is 21.2 Å². The molecule has 0 spiro atoms. The Morgan fingerprint density at radius 3 is 2.65 bits per heavy atom. The highest BCUT2D eigenvalue weighted by Gasteiger charge is 2.36. The molecule has 0 saturated carbocycles. The summed E-state index contributed by atoms with van der Waals surface area (Å²) in [6.45, 7) is 0.333. The SMILES string of the molecule is COc1ccc(OC)c(NC(=O)C2CC(=O)N(c3ccccc3Br)C2)c1. The third kappa shape index (κ3) is 3.67. The fourth-order valence-electron chi connectivity index (χ4n) is 2.93. The number of methoxy groups -OCH3 is 2. The quantitative estimate of drug-likeness (QED) is 0.806. The number of halogens is 1. The smallest absolute Gasteiger partial charge is 0.229 e. The molecule has 0 radical (unpaired) electrons. The lowest BCUT2D eigenvalue weighted by Gasteiger charge is -2.18. The van der Waals surface area contributed by atoms with Crippen molar-refractivity contribution < 1.29 is 19.1 Å². The second-order valence-electron chi connectivity index (χ2n) is 5.91. The van der Waals surface area contributed by atoms with Crippen LogP contribution in [0.3, 0.4) is 0 Å². The van der Waals surface area contributed by atoms with Crippen LogP contribution in [-0.2, 0) is 9.59 Å². The largest absolute Gasteiger partial charge is 0.497 e. The van der Waals surface area contributed by atoms with E-state index in [9.17, 15) is 9.59 Å². The summed E-state index contributed by atoms with van der Waals surface area (Å²) in [7, 11) is 3.09. The maximum absolute atomic E-state index is 12.7. The number of hydrogen-bond donors (Lipinski definition) is 1. The summed E-state index contributed by atoms with van der Waals surface area (Å²) in [5, 5.41) is 2.85. The van der Waals surface area contributed by atoms with Crippen molar-refractivity contribution in [1.29, 1.82) is 0 Å². The van der Waals surface area contributed by atoms with E-state index in [1.54, 1.807) is 30.2 Å². The van der Waals surface area contributed by atoms with Crippen LogP contribution in [0.15, 0.2) is 46.9 Å². The number of ether oxygens (including phenoxy) is 2. The zero-order chi connectivity index (χ0) is 18.7. The van der Waals surface area contributed by atoms with Crippen molar-refractivity contribution in [2.45, 2.75) is 6.42 Å². The van der Waals surface area contributed by atoms with Gasteiger partial charge < -0.3 is 19.7 Å². The third-order valence-electron chi connectivity index (χ3n) is 4.30. The van der Waals surface area contributed by atoms with Gasteiger partial charge in [0.15, 0.2) is 0 Å². The first kappa shape index (κ1) is 18.3. The molecule has 1 fully saturated rings. The number of carbonyl (C=O) groups is 2. The van der Waals surface area contributed by atoms with Gasteiger partial charge >= 0.3 is 0 Å². The highest BCUT2D eigenvalue weighted by atomic mass is 79.9. The summed E-state index contributed by atoms with van der Waals surface area (Å²) in [6.07, 6.45) is 0.166. The van der Waals surface area contributed by atoms with Gasteiger partial charge in [0.2, 0.25) is 11.8 Å². The van der Waals surface area contributed by atoms with E-state index in [1.165, 1.54) is 7.11 Å². The summed E-state index contributed by atoms with van der Waals surface area (Å²) < 4.78 is 11.3. The van der Waals surface area contributed by atoms with Crippen LogP contribution in [0.2, 0.25) is 0 Å². The zero-order valence-electron chi connectivity index (χ0n) is 14.5. The van der Waals surface area contributed by atoms with Gasteiger partial charge in [-0.2, -0.15) is 0 Å². The molecule has 2 amide bonds. The van der Waals surface area contributed by atoms with Crippen molar-refractivity contribution >= 4 is 39.1 Å². The minimum absolute atomic E-state index is 0.0744. The van der Waals surface area contributed by atoms with Crippen molar-refractivity contribution in [3.63, 3.8) is 0 Å². The highest BCUT2D eigenvalue weighted by Crippen LogP contribution is 2.33. The second kappa shape index (κ2) is 7.78. The van der Waals surface area contributed by atoms with Gasteiger partial charge in [-0.3, -0.25) is 9.59 Å². The van der Waals surface area contributed by atoms with Gasteiger partial charge in [-0.15, -0.1) is 0 Å². The molecule has 136 valence electrons. The summed E-state index contributed by atoms with van der Waals surface area (Å²) in [6, 6.07) is 12.6. The van der Waals surface area contributed by atoms with Crippen molar-refractivity contribution in [2.24, 2.45) is 5.92 Å². The summed E-state index contributed by atoms with van der Waals surface area (Å²) >= 11 is 3.45. The lowest BCUT2D eigenvalue weighted by atomic mass is 10.1. The predicted molar refractivity (Wildman–Crippen MR) is 103 cm³/mol. The molecule has 0 bridgehead atoms. The molecule has 26 heavy (non-hydrogen) atoms. The third-order valence-corrected chi connectivity index (χ3v) is 4.97. The van der Waals surface area contributed by atoms with Gasteiger partial charge in [0.25, 0.3) is 0 Å². The maximum atomic E-state index is 12.7. The van der Waals surface area contributed by atoms with Gasteiger partial charge in [-0.25, -0.2) is 0 Å². The van der Waals surface area contributed by atoms with Crippen LogP contribution in [0.1, 0.15) is 6.42 Å². The average molecular weight is 419 g/mol. The van der Waals surface area contributed by atoms with Crippen molar-refractivity contribution in [3.8, 4) is 11.5 Å². The molecule has 1 heterocycles. The summed E-state index contributed by atoms with van der Waals surface area (Å²) in [4.78, 5) is 26.7. The summed E-state index contributed by atoms with van der Waals surface area (Å²) in [5.41, 5.74) is 1.29. The molecule has 0 aromatic heterocycles. The number of nitrogens with zero attached hydrogens (tertiary/aromatic N) is 1. The Balaban J connectivity index is 1.76. The molecule has 2 aromatic carbocycles. The number of anilines is 2. The van der Waals surface area contributed by atoms with E-state index in [4.69, 9.17) is 9.47 Å². The first-order chi connectivity index (χ1) is 12.5. The van der Waals surface area contributed by atoms with Crippen molar-refractivity contribution in [1.82, 2.24) is 0 Å². The molecule has 1 atom stereocenters. The Hall–Kier alpha value is -2.54. The molecule has 1 unspecified atom stereocenters. The molecular weight excluding hydrogens is 400 g/mol. The van der Waals surface area contributed by atoms with Crippen LogP contribution in [0.25, 0.3) is 0 Å². The van der Waals surface area contributed by atoms with E-state index in [1.807, 2.05) is 24.3 Å². The lowest BCUT2D eigenvalue weighted by Crippen LogP contribution is -2.28. The number of amides is 2. The zero-order valence-corrected chi connectivity index (χ0v) is 16.1. The Bertz CT molecular complexity index is 840. The van der Waals surface area contributed by atoms with E-state index >= 15 is 0 Å². The average Bonchev–Trinajstić information content (AvgIpc) is 3.03. The van der Waals surface area contributed by atoms with Gasteiger partial charge in [-0.1, -0.05) is 12.1 Å². The monoisotopic (exact) mass is 418 g/mol. The van der Waals surface area contributed by atoms with Crippen LogP contribution in [0.4, 0.5) is 11.4 Å². The minimum atomic E-state index is -0.439. The topological polar surface area (TPSA) is 67.9 Å². The first-order valence-electron chi connectivity index (χ1n) is 8.11. The van der Waals surface area contributed by atoms with Crippen LogP contribution in [0, 0.1) is 5.92 Å². The molecule has 2 aromatic rings. The Kier molecular flexibility index (Phi) is 5.46. The van der Waals surface area contributed by atoms with Crippen molar-refractivity contribution in [2.75, 3.05) is 31.0 Å². The number of benzene rings is 2. The highest BCUT2D eigenvalue weighted by molar-refractivity contribution is 9.10. The minimum Gasteiger partial charge on any atom is -0.497 e. The Morgan fingerprint density at radius 2 is 1.96 bits per heavy atom. The number of rotatable bonds is 5. The molecule has 1 aliphatic rings. The van der Waals surface area contributed by atoms with E-state index < -0.39 is 5.92 Å². The molecule has 1 saturated heterocycles. The second-order valence-corrected chi connectivity index (χ2v) is 6.77. The predicted octanol–water partition coefficient (Wildman–Crippen LogP) is 3.46. The fourth-order valence-corrected chi connectivity index (χ4v) is 3.43. The summed E-state index contributed by atoms with van der Waals surface area (Å²) in [5.74, 6) is 0.407. The van der Waals surface area contributed by atoms with Gasteiger partial charge in [-0.05, 0) is 40.2 Å². The molecular formula is C19H19BrN2O4.